The van der Waals surface area contributed by atoms with Crippen LogP contribution in [0.25, 0.3) is 22.6 Å². The van der Waals surface area contributed by atoms with Gasteiger partial charge >= 0.3 is 0 Å². The van der Waals surface area contributed by atoms with Gasteiger partial charge in [-0.2, -0.15) is 0 Å². The molecule has 0 aliphatic carbocycles. The first-order valence-electron chi connectivity index (χ1n) is 9.01. The maximum absolute atomic E-state index is 12.7. The number of rotatable bonds is 4. The van der Waals surface area contributed by atoms with E-state index >= 15 is 0 Å². The third-order valence-corrected chi connectivity index (χ3v) is 4.62. The molecule has 4 aromatic rings. The van der Waals surface area contributed by atoms with E-state index in [1.54, 1.807) is 0 Å². The van der Waals surface area contributed by atoms with Crippen molar-refractivity contribution in [2.45, 2.75) is 20.3 Å². The van der Waals surface area contributed by atoms with Crippen molar-refractivity contribution in [1.29, 1.82) is 0 Å². The van der Waals surface area contributed by atoms with E-state index in [0.717, 1.165) is 34.3 Å². The summed E-state index contributed by atoms with van der Waals surface area (Å²) in [7, 11) is 0. The number of amides is 1. The molecule has 27 heavy (non-hydrogen) atoms. The van der Waals surface area contributed by atoms with Gasteiger partial charge in [0.05, 0.1) is 0 Å². The summed E-state index contributed by atoms with van der Waals surface area (Å²) in [5, 5.41) is 2.93. The fourth-order valence-electron chi connectivity index (χ4n) is 3.04. The highest BCUT2D eigenvalue weighted by Crippen LogP contribution is 2.27. The van der Waals surface area contributed by atoms with Crippen molar-refractivity contribution < 1.29 is 9.21 Å². The first-order chi connectivity index (χ1) is 13.1. The summed E-state index contributed by atoms with van der Waals surface area (Å²) in [4.78, 5) is 17.3. The van der Waals surface area contributed by atoms with Crippen LogP contribution in [0.4, 0.5) is 5.69 Å². The molecule has 0 atom stereocenters. The van der Waals surface area contributed by atoms with Crippen molar-refractivity contribution in [3.05, 3.63) is 83.4 Å². The summed E-state index contributed by atoms with van der Waals surface area (Å²) >= 11 is 0. The molecule has 0 unspecified atom stereocenters. The van der Waals surface area contributed by atoms with E-state index in [1.807, 2.05) is 73.7 Å². The standard InChI is InChI=1S/C23H20N2O2/c1-3-16-10-12-21-20(13-16)25-23(27-21)17-11-9-15(2)19(14-17)22(26)24-18-7-5-4-6-8-18/h4-14H,3H2,1-2H3,(H,24,26). The quantitative estimate of drug-likeness (QED) is 0.516. The second kappa shape index (κ2) is 7.08. The third-order valence-electron chi connectivity index (χ3n) is 4.62. The Morgan fingerprint density at radius 2 is 1.85 bits per heavy atom. The summed E-state index contributed by atoms with van der Waals surface area (Å²) in [5.41, 5.74) is 5.85. The smallest absolute Gasteiger partial charge is 0.255 e. The summed E-state index contributed by atoms with van der Waals surface area (Å²) in [5.74, 6) is 0.372. The highest BCUT2D eigenvalue weighted by Gasteiger charge is 2.14. The number of oxazole rings is 1. The number of hydrogen-bond acceptors (Lipinski definition) is 3. The Labute approximate surface area is 157 Å². The molecule has 0 spiro atoms. The van der Waals surface area contributed by atoms with Gasteiger partial charge in [-0.15, -0.1) is 0 Å². The minimum absolute atomic E-state index is 0.148. The molecular formula is C23H20N2O2. The van der Waals surface area contributed by atoms with E-state index in [-0.39, 0.29) is 5.91 Å². The van der Waals surface area contributed by atoms with Crippen LogP contribution >= 0.6 is 0 Å². The molecule has 0 radical (unpaired) electrons. The molecule has 1 aromatic heterocycles. The van der Waals surface area contributed by atoms with Crippen LogP contribution < -0.4 is 5.32 Å². The van der Waals surface area contributed by atoms with Crippen LogP contribution in [0.1, 0.15) is 28.4 Å². The van der Waals surface area contributed by atoms with Crippen LogP contribution in [0.15, 0.2) is 71.1 Å². The van der Waals surface area contributed by atoms with Crippen LogP contribution in [0.5, 0.6) is 0 Å². The van der Waals surface area contributed by atoms with Gasteiger partial charge < -0.3 is 9.73 Å². The van der Waals surface area contributed by atoms with Gasteiger partial charge in [0.25, 0.3) is 5.91 Å². The molecule has 4 heteroatoms. The van der Waals surface area contributed by atoms with Gasteiger partial charge in [-0.3, -0.25) is 4.79 Å². The average molecular weight is 356 g/mol. The molecule has 3 aromatic carbocycles. The molecule has 1 amide bonds. The Bertz CT molecular complexity index is 1110. The molecule has 1 heterocycles. The van der Waals surface area contributed by atoms with Crippen molar-refractivity contribution in [1.82, 2.24) is 4.98 Å². The lowest BCUT2D eigenvalue weighted by Crippen LogP contribution is -2.13. The van der Waals surface area contributed by atoms with Crippen LogP contribution in [0, 0.1) is 6.92 Å². The van der Waals surface area contributed by atoms with Gasteiger partial charge in [-0.05, 0) is 60.9 Å². The Morgan fingerprint density at radius 1 is 1.04 bits per heavy atom. The lowest BCUT2D eigenvalue weighted by atomic mass is 10.0. The molecule has 0 aliphatic rings. The minimum Gasteiger partial charge on any atom is -0.436 e. The number of nitrogens with one attached hydrogen (secondary N) is 1. The van der Waals surface area contributed by atoms with E-state index in [0.29, 0.717) is 11.5 Å². The number of aromatic nitrogens is 1. The van der Waals surface area contributed by atoms with Gasteiger partial charge in [0.1, 0.15) is 5.52 Å². The Kier molecular flexibility index (Phi) is 4.47. The zero-order chi connectivity index (χ0) is 18.8. The van der Waals surface area contributed by atoms with Crippen molar-refractivity contribution in [2.24, 2.45) is 0 Å². The number of fused-ring (bicyclic) bond motifs is 1. The first kappa shape index (κ1) is 17.0. The Balaban J connectivity index is 1.68. The SMILES string of the molecule is CCc1ccc2oc(-c3ccc(C)c(C(=O)Nc4ccccc4)c3)nc2c1. The number of carbonyl (C=O) groups excluding carboxylic acids is 1. The van der Waals surface area contributed by atoms with Crippen molar-refractivity contribution in [3.8, 4) is 11.5 Å². The maximum Gasteiger partial charge on any atom is 0.255 e. The zero-order valence-electron chi connectivity index (χ0n) is 15.3. The summed E-state index contributed by atoms with van der Waals surface area (Å²) in [6.07, 6.45) is 0.951. The summed E-state index contributed by atoms with van der Waals surface area (Å²) in [6.45, 7) is 4.03. The molecule has 0 bridgehead atoms. The minimum atomic E-state index is -0.148. The predicted octanol–water partition coefficient (Wildman–Crippen LogP) is 5.62. The van der Waals surface area contributed by atoms with Crippen molar-refractivity contribution in [2.75, 3.05) is 5.32 Å². The van der Waals surface area contributed by atoms with Crippen LogP contribution in [0.3, 0.4) is 0 Å². The Morgan fingerprint density at radius 3 is 2.63 bits per heavy atom. The molecule has 0 aliphatic heterocycles. The lowest BCUT2D eigenvalue weighted by molar-refractivity contribution is 0.102. The van der Waals surface area contributed by atoms with Gasteiger partial charge in [0.2, 0.25) is 5.89 Å². The number of carbonyl (C=O) groups is 1. The molecule has 134 valence electrons. The van der Waals surface area contributed by atoms with E-state index in [2.05, 4.69) is 17.2 Å². The number of nitrogens with zero attached hydrogens (tertiary/aromatic N) is 1. The lowest BCUT2D eigenvalue weighted by Gasteiger charge is -2.08. The second-order valence-electron chi connectivity index (χ2n) is 6.52. The monoisotopic (exact) mass is 356 g/mol. The average Bonchev–Trinajstić information content (AvgIpc) is 3.12. The van der Waals surface area contributed by atoms with Crippen LogP contribution in [0.2, 0.25) is 0 Å². The third kappa shape index (κ3) is 3.47. The predicted molar refractivity (Wildman–Crippen MR) is 108 cm³/mol. The highest BCUT2D eigenvalue weighted by molar-refractivity contribution is 6.05. The molecule has 4 rings (SSSR count). The second-order valence-corrected chi connectivity index (χ2v) is 6.52. The fourth-order valence-corrected chi connectivity index (χ4v) is 3.04. The summed E-state index contributed by atoms with van der Waals surface area (Å²) < 4.78 is 5.90. The normalized spacial score (nSPS) is 10.9. The molecular weight excluding hydrogens is 336 g/mol. The number of anilines is 1. The largest absolute Gasteiger partial charge is 0.436 e. The zero-order valence-corrected chi connectivity index (χ0v) is 15.3. The summed E-state index contributed by atoms with van der Waals surface area (Å²) in [6, 6.07) is 21.1. The van der Waals surface area contributed by atoms with E-state index in [9.17, 15) is 4.79 Å². The van der Waals surface area contributed by atoms with Crippen molar-refractivity contribution in [3.63, 3.8) is 0 Å². The molecule has 4 nitrogen and oxygen atoms in total. The number of benzene rings is 3. The topological polar surface area (TPSA) is 55.1 Å². The number of hydrogen-bond donors (Lipinski definition) is 1. The van der Waals surface area contributed by atoms with Crippen molar-refractivity contribution >= 4 is 22.7 Å². The van der Waals surface area contributed by atoms with E-state index < -0.39 is 0 Å². The maximum atomic E-state index is 12.7. The van der Waals surface area contributed by atoms with Gasteiger partial charge in [0, 0.05) is 16.8 Å². The highest BCUT2D eigenvalue weighted by atomic mass is 16.3. The molecule has 0 fully saturated rings. The molecule has 0 saturated carbocycles. The van der Waals surface area contributed by atoms with Crippen LogP contribution in [-0.2, 0) is 6.42 Å². The van der Waals surface area contributed by atoms with Gasteiger partial charge in [-0.25, -0.2) is 4.98 Å². The number of aryl methyl sites for hydroxylation is 2. The van der Waals surface area contributed by atoms with Gasteiger partial charge in [-0.1, -0.05) is 37.3 Å². The fraction of sp³-hybridized carbons (Fsp3) is 0.130. The molecule has 1 N–H and O–H groups in total. The Hall–Kier alpha value is -3.40. The number of para-hydroxylation sites is 1. The van der Waals surface area contributed by atoms with Crippen LogP contribution in [-0.4, -0.2) is 10.9 Å². The molecule has 0 saturated heterocycles. The van der Waals surface area contributed by atoms with Gasteiger partial charge in [0.15, 0.2) is 5.58 Å². The first-order valence-corrected chi connectivity index (χ1v) is 9.01. The van der Waals surface area contributed by atoms with E-state index in [1.165, 1.54) is 5.56 Å². The van der Waals surface area contributed by atoms with E-state index in [4.69, 9.17) is 4.42 Å².